The predicted octanol–water partition coefficient (Wildman–Crippen LogP) is 4.20. The molecule has 3 rings (SSSR count). The molecule has 0 bridgehead atoms. The number of amides is 1. The van der Waals surface area contributed by atoms with Crippen LogP contribution in [0.15, 0.2) is 24.3 Å². The van der Waals surface area contributed by atoms with E-state index in [1.165, 1.54) is 17.0 Å². The third-order valence-corrected chi connectivity index (χ3v) is 5.10. The Labute approximate surface area is 138 Å². The molecule has 1 amide bonds. The van der Waals surface area contributed by atoms with Crippen LogP contribution in [-0.4, -0.2) is 35.7 Å². The van der Waals surface area contributed by atoms with E-state index in [0.717, 1.165) is 22.7 Å². The molecule has 2 aromatic rings. The van der Waals surface area contributed by atoms with Crippen LogP contribution in [0.3, 0.4) is 0 Å². The molecule has 2 heterocycles. The number of hydrogen-bond donors (Lipinski definition) is 0. The summed E-state index contributed by atoms with van der Waals surface area (Å²) >= 11 is 1.65. The first-order valence-corrected chi connectivity index (χ1v) is 8.55. The van der Waals surface area contributed by atoms with Crippen molar-refractivity contribution in [1.82, 2.24) is 9.88 Å². The number of aromatic nitrogens is 1. The maximum Gasteiger partial charge on any atom is 0.409 e. The molecule has 1 unspecified atom stereocenters. The van der Waals surface area contributed by atoms with Crippen molar-refractivity contribution >= 4 is 17.4 Å². The lowest BCUT2D eigenvalue weighted by molar-refractivity contribution is 0.115. The van der Waals surface area contributed by atoms with Crippen molar-refractivity contribution in [1.29, 1.82) is 0 Å². The summed E-state index contributed by atoms with van der Waals surface area (Å²) in [6.45, 7) is 5.52. The standard InChI is InChI=1S/C17H19FN2O2S/c1-3-22-17(21)20-9-8-13(10-20)16-15(19-11(2)23-16)12-4-6-14(18)7-5-12/h4-7,13H,3,8-10H2,1-2H3. The largest absolute Gasteiger partial charge is 0.450 e. The van der Waals surface area contributed by atoms with Crippen molar-refractivity contribution in [2.45, 2.75) is 26.2 Å². The van der Waals surface area contributed by atoms with Crippen molar-refractivity contribution in [3.05, 3.63) is 40.0 Å². The van der Waals surface area contributed by atoms with Gasteiger partial charge in [0.15, 0.2) is 0 Å². The Hall–Kier alpha value is -1.95. The van der Waals surface area contributed by atoms with Gasteiger partial charge in [-0.25, -0.2) is 14.2 Å². The Morgan fingerprint density at radius 3 is 2.87 bits per heavy atom. The van der Waals surface area contributed by atoms with Gasteiger partial charge >= 0.3 is 6.09 Å². The van der Waals surface area contributed by atoms with E-state index < -0.39 is 0 Å². The van der Waals surface area contributed by atoms with Crippen LogP contribution in [-0.2, 0) is 4.74 Å². The van der Waals surface area contributed by atoms with Crippen LogP contribution in [0.25, 0.3) is 11.3 Å². The second-order valence-corrected chi connectivity index (χ2v) is 6.82. The summed E-state index contributed by atoms with van der Waals surface area (Å²) in [5.74, 6) is 0.00210. The first kappa shape index (κ1) is 15.9. The number of hydrogen-bond acceptors (Lipinski definition) is 4. The summed E-state index contributed by atoms with van der Waals surface area (Å²) in [6.07, 6.45) is 0.647. The summed E-state index contributed by atoms with van der Waals surface area (Å²) < 4.78 is 18.2. The third-order valence-electron chi connectivity index (χ3n) is 3.96. The molecule has 0 aliphatic carbocycles. The number of ether oxygens (including phenoxy) is 1. The number of rotatable bonds is 3. The van der Waals surface area contributed by atoms with E-state index in [0.29, 0.717) is 19.7 Å². The van der Waals surface area contributed by atoms with Crippen molar-refractivity contribution < 1.29 is 13.9 Å². The molecule has 4 nitrogen and oxygen atoms in total. The Bertz CT molecular complexity index is 699. The van der Waals surface area contributed by atoms with E-state index in [1.807, 2.05) is 13.8 Å². The molecular weight excluding hydrogens is 315 g/mol. The fourth-order valence-corrected chi connectivity index (χ4v) is 3.96. The minimum atomic E-state index is -0.253. The number of halogens is 1. The molecule has 1 atom stereocenters. The number of carbonyl (C=O) groups is 1. The molecule has 1 aromatic carbocycles. The Morgan fingerprint density at radius 2 is 2.17 bits per heavy atom. The highest BCUT2D eigenvalue weighted by Gasteiger charge is 2.31. The molecule has 122 valence electrons. The summed E-state index contributed by atoms with van der Waals surface area (Å²) in [4.78, 5) is 19.4. The zero-order valence-electron chi connectivity index (χ0n) is 13.2. The number of thiazole rings is 1. The van der Waals surface area contributed by atoms with Gasteiger partial charge in [0.05, 0.1) is 17.3 Å². The molecule has 0 radical (unpaired) electrons. The monoisotopic (exact) mass is 334 g/mol. The van der Waals surface area contributed by atoms with Crippen molar-refractivity contribution in [2.24, 2.45) is 0 Å². The zero-order valence-corrected chi connectivity index (χ0v) is 14.0. The fourth-order valence-electron chi connectivity index (χ4n) is 2.89. The van der Waals surface area contributed by atoms with Crippen molar-refractivity contribution in [3.8, 4) is 11.3 Å². The number of carbonyl (C=O) groups excluding carboxylic acids is 1. The number of benzene rings is 1. The predicted molar refractivity (Wildman–Crippen MR) is 88.2 cm³/mol. The fraction of sp³-hybridized carbons (Fsp3) is 0.412. The van der Waals surface area contributed by atoms with Crippen LogP contribution in [0.2, 0.25) is 0 Å². The van der Waals surface area contributed by atoms with E-state index in [4.69, 9.17) is 4.74 Å². The van der Waals surface area contributed by atoms with Gasteiger partial charge in [0.2, 0.25) is 0 Å². The van der Waals surface area contributed by atoms with Gasteiger partial charge < -0.3 is 9.64 Å². The second-order valence-electron chi connectivity index (χ2n) is 5.58. The minimum absolute atomic E-state index is 0.250. The van der Waals surface area contributed by atoms with Crippen LogP contribution in [0.4, 0.5) is 9.18 Å². The molecule has 23 heavy (non-hydrogen) atoms. The summed E-state index contributed by atoms with van der Waals surface area (Å²) in [5, 5.41) is 0.980. The normalized spacial score (nSPS) is 17.5. The lowest BCUT2D eigenvalue weighted by atomic mass is 10.0. The Morgan fingerprint density at radius 1 is 1.43 bits per heavy atom. The Kier molecular flexibility index (Phi) is 4.61. The number of likely N-dealkylation sites (tertiary alicyclic amines) is 1. The SMILES string of the molecule is CCOC(=O)N1CCC(c2sc(C)nc2-c2ccc(F)cc2)C1. The molecular formula is C17H19FN2O2S. The lowest BCUT2D eigenvalue weighted by Gasteiger charge is -2.15. The topological polar surface area (TPSA) is 42.4 Å². The maximum absolute atomic E-state index is 13.1. The Balaban J connectivity index is 1.84. The van der Waals surface area contributed by atoms with Crippen LogP contribution in [0, 0.1) is 12.7 Å². The lowest BCUT2D eigenvalue weighted by Crippen LogP contribution is -2.29. The molecule has 1 aliphatic rings. The average Bonchev–Trinajstić information content (AvgIpc) is 3.15. The highest BCUT2D eigenvalue weighted by molar-refractivity contribution is 7.12. The minimum Gasteiger partial charge on any atom is -0.450 e. The smallest absolute Gasteiger partial charge is 0.409 e. The molecule has 0 saturated carbocycles. The molecule has 1 aromatic heterocycles. The summed E-state index contributed by atoms with van der Waals surface area (Å²) in [6, 6.07) is 6.41. The van der Waals surface area contributed by atoms with Gasteiger partial charge in [0, 0.05) is 29.4 Å². The quantitative estimate of drug-likeness (QED) is 0.845. The van der Waals surface area contributed by atoms with Gasteiger partial charge in [-0.15, -0.1) is 11.3 Å². The van der Waals surface area contributed by atoms with Crippen molar-refractivity contribution in [2.75, 3.05) is 19.7 Å². The first-order chi connectivity index (χ1) is 11.1. The van der Waals surface area contributed by atoms with Gasteiger partial charge in [0.25, 0.3) is 0 Å². The van der Waals surface area contributed by atoms with Gasteiger partial charge in [-0.1, -0.05) is 0 Å². The van der Waals surface area contributed by atoms with Crippen LogP contribution in [0.5, 0.6) is 0 Å². The highest BCUT2D eigenvalue weighted by atomic mass is 32.1. The van der Waals surface area contributed by atoms with Crippen LogP contribution < -0.4 is 0 Å². The average molecular weight is 334 g/mol. The van der Waals surface area contributed by atoms with Crippen LogP contribution in [0.1, 0.15) is 29.1 Å². The van der Waals surface area contributed by atoms with E-state index in [9.17, 15) is 9.18 Å². The molecule has 6 heteroatoms. The van der Waals surface area contributed by atoms with E-state index in [-0.39, 0.29) is 17.8 Å². The molecule has 0 N–H and O–H groups in total. The highest BCUT2D eigenvalue weighted by Crippen LogP contribution is 2.38. The number of aryl methyl sites for hydroxylation is 1. The van der Waals surface area contributed by atoms with Gasteiger partial charge in [0.1, 0.15) is 5.82 Å². The number of nitrogens with zero attached hydrogens (tertiary/aromatic N) is 2. The third kappa shape index (κ3) is 3.37. The van der Waals surface area contributed by atoms with Gasteiger partial charge in [-0.05, 0) is 44.5 Å². The van der Waals surface area contributed by atoms with E-state index in [2.05, 4.69) is 4.98 Å². The van der Waals surface area contributed by atoms with E-state index >= 15 is 0 Å². The van der Waals surface area contributed by atoms with Crippen molar-refractivity contribution in [3.63, 3.8) is 0 Å². The molecule has 0 spiro atoms. The summed E-state index contributed by atoms with van der Waals surface area (Å²) in [5.41, 5.74) is 1.82. The van der Waals surface area contributed by atoms with Crippen LogP contribution >= 0.6 is 11.3 Å². The molecule has 1 saturated heterocycles. The van der Waals surface area contributed by atoms with Gasteiger partial charge in [-0.2, -0.15) is 0 Å². The maximum atomic E-state index is 13.1. The van der Waals surface area contributed by atoms with Gasteiger partial charge in [-0.3, -0.25) is 0 Å². The molecule has 1 aliphatic heterocycles. The van der Waals surface area contributed by atoms with E-state index in [1.54, 1.807) is 28.4 Å². The first-order valence-electron chi connectivity index (χ1n) is 7.73. The molecule has 1 fully saturated rings. The summed E-state index contributed by atoms with van der Waals surface area (Å²) in [7, 11) is 0. The zero-order chi connectivity index (χ0) is 16.4. The second kappa shape index (κ2) is 6.66.